The van der Waals surface area contributed by atoms with Gasteiger partial charge in [-0.1, -0.05) is 32.9 Å². The van der Waals surface area contributed by atoms with Crippen molar-refractivity contribution in [2.24, 2.45) is 5.92 Å². The number of hydrogen-bond acceptors (Lipinski definition) is 3. The zero-order chi connectivity index (χ0) is 19.1. The summed E-state index contributed by atoms with van der Waals surface area (Å²) >= 11 is 0. The zero-order valence-corrected chi connectivity index (χ0v) is 17.2. The van der Waals surface area contributed by atoms with Crippen LogP contribution >= 0.6 is 0 Å². The molecule has 0 radical (unpaired) electrons. The number of aryl methyl sites for hydroxylation is 1. The van der Waals surface area contributed by atoms with Gasteiger partial charge < -0.3 is 15.0 Å². The van der Waals surface area contributed by atoms with E-state index < -0.39 is 6.10 Å². The fourth-order valence-corrected chi connectivity index (χ4v) is 3.41. The number of nitrogens with one attached hydrogen (secondary N) is 1. The summed E-state index contributed by atoms with van der Waals surface area (Å²) in [6.45, 7) is 14.7. The Morgan fingerprint density at radius 3 is 2.62 bits per heavy atom. The van der Waals surface area contributed by atoms with Crippen molar-refractivity contribution in [3.05, 3.63) is 29.3 Å². The number of nitrogens with zero attached hydrogens (tertiary/aromatic N) is 1. The molecule has 4 nitrogen and oxygen atoms in total. The summed E-state index contributed by atoms with van der Waals surface area (Å²) in [5.41, 5.74) is 2.29. The van der Waals surface area contributed by atoms with Crippen LogP contribution in [0.1, 0.15) is 64.0 Å². The fourth-order valence-electron chi connectivity index (χ4n) is 3.41. The minimum absolute atomic E-state index is 0.0338. The number of benzene rings is 1. The van der Waals surface area contributed by atoms with Crippen molar-refractivity contribution in [1.29, 1.82) is 0 Å². The normalized spacial score (nSPS) is 17.3. The van der Waals surface area contributed by atoms with Gasteiger partial charge in [-0.15, -0.1) is 0 Å². The second-order valence-corrected chi connectivity index (χ2v) is 8.12. The van der Waals surface area contributed by atoms with Gasteiger partial charge in [-0.2, -0.15) is 0 Å². The van der Waals surface area contributed by atoms with Gasteiger partial charge in [0.15, 0.2) is 6.10 Å². The molecule has 1 amide bonds. The highest BCUT2D eigenvalue weighted by Gasteiger charge is 2.18. The summed E-state index contributed by atoms with van der Waals surface area (Å²) < 4.78 is 5.99. The van der Waals surface area contributed by atoms with Gasteiger partial charge in [0.1, 0.15) is 5.75 Å². The van der Waals surface area contributed by atoms with Crippen LogP contribution in [-0.4, -0.2) is 43.1 Å². The molecule has 4 heteroatoms. The lowest BCUT2D eigenvalue weighted by Gasteiger charge is -2.30. The summed E-state index contributed by atoms with van der Waals surface area (Å²) in [7, 11) is 0. The fraction of sp³-hybridized carbons (Fsp3) is 0.682. The van der Waals surface area contributed by atoms with Crippen LogP contribution in [0.15, 0.2) is 18.2 Å². The number of hydrogen-bond donors (Lipinski definition) is 1. The Hall–Kier alpha value is -1.55. The topological polar surface area (TPSA) is 41.6 Å². The van der Waals surface area contributed by atoms with Crippen molar-refractivity contribution < 1.29 is 9.53 Å². The van der Waals surface area contributed by atoms with Gasteiger partial charge in [-0.3, -0.25) is 4.79 Å². The van der Waals surface area contributed by atoms with Gasteiger partial charge in [-0.25, -0.2) is 0 Å². The van der Waals surface area contributed by atoms with Crippen molar-refractivity contribution in [2.75, 3.05) is 26.2 Å². The maximum Gasteiger partial charge on any atom is 0.260 e. The Labute approximate surface area is 159 Å². The van der Waals surface area contributed by atoms with Crippen molar-refractivity contribution >= 4 is 5.91 Å². The first-order chi connectivity index (χ1) is 12.4. The van der Waals surface area contributed by atoms with E-state index in [4.69, 9.17) is 4.74 Å². The largest absolute Gasteiger partial charge is 0.481 e. The number of likely N-dealkylation sites (tertiary alicyclic amines) is 1. The molecular formula is C22H36N2O2. The molecule has 1 saturated heterocycles. The molecule has 1 aromatic carbocycles. The SMILES string of the molecule is Cc1ccc(C(C)C)c(OC(C)C(=O)NCCCN2CCC(C)CC2)c1. The van der Waals surface area contributed by atoms with Crippen LogP contribution in [0.5, 0.6) is 5.75 Å². The lowest BCUT2D eigenvalue weighted by atomic mass is 9.99. The van der Waals surface area contributed by atoms with E-state index in [0.717, 1.165) is 35.8 Å². The second kappa shape index (κ2) is 9.96. The molecule has 1 atom stereocenters. The lowest BCUT2D eigenvalue weighted by Crippen LogP contribution is -2.39. The predicted octanol–water partition coefficient (Wildman–Crippen LogP) is 4.12. The highest BCUT2D eigenvalue weighted by Crippen LogP contribution is 2.28. The number of ether oxygens (including phenoxy) is 1. The summed E-state index contributed by atoms with van der Waals surface area (Å²) in [5, 5.41) is 3.02. The lowest BCUT2D eigenvalue weighted by molar-refractivity contribution is -0.127. The predicted molar refractivity (Wildman–Crippen MR) is 108 cm³/mol. The van der Waals surface area contributed by atoms with E-state index in [2.05, 4.69) is 43.1 Å². The van der Waals surface area contributed by atoms with Crippen molar-refractivity contribution in [2.45, 2.75) is 65.9 Å². The van der Waals surface area contributed by atoms with Crippen LogP contribution in [-0.2, 0) is 4.79 Å². The molecule has 1 N–H and O–H groups in total. The Balaban J connectivity index is 1.75. The molecule has 1 aliphatic heterocycles. The second-order valence-electron chi connectivity index (χ2n) is 8.12. The van der Waals surface area contributed by atoms with Crippen LogP contribution < -0.4 is 10.1 Å². The Morgan fingerprint density at radius 2 is 1.96 bits per heavy atom. The minimum atomic E-state index is -0.481. The van der Waals surface area contributed by atoms with Crippen LogP contribution in [0.3, 0.4) is 0 Å². The average Bonchev–Trinajstić information content (AvgIpc) is 2.59. The molecule has 0 saturated carbocycles. The van der Waals surface area contributed by atoms with E-state index in [-0.39, 0.29) is 5.91 Å². The first kappa shape index (κ1) is 20.8. The average molecular weight is 361 g/mol. The smallest absolute Gasteiger partial charge is 0.260 e. The molecule has 0 aliphatic carbocycles. The van der Waals surface area contributed by atoms with Crippen LogP contribution in [0.4, 0.5) is 0 Å². The number of carbonyl (C=O) groups is 1. The standard InChI is InChI=1S/C22H36N2O2/c1-16(2)20-8-7-18(4)15-21(20)26-19(5)22(25)23-11-6-12-24-13-9-17(3)10-14-24/h7-8,15-17,19H,6,9-14H2,1-5H3,(H,23,25). The maximum atomic E-state index is 12.4. The zero-order valence-electron chi connectivity index (χ0n) is 17.2. The number of piperidine rings is 1. The van der Waals surface area contributed by atoms with Gasteiger partial charge in [0, 0.05) is 6.54 Å². The van der Waals surface area contributed by atoms with Gasteiger partial charge in [0.25, 0.3) is 5.91 Å². The number of amides is 1. The highest BCUT2D eigenvalue weighted by atomic mass is 16.5. The van der Waals surface area contributed by atoms with Crippen molar-refractivity contribution in [3.8, 4) is 5.75 Å². The van der Waals surface area contributed by atoms with E-state index >= 15 is 0 Å². The first-order valence-electron chi connectivity index (χ1n) is 10.1. The van der Waals surface area contributed by atoms with Gasteiger partial charge in [0.05, 0.1) is 0 Å². The molecule has 1 aliphatic rings. The maximum absolute atomic E-state index is 12.4. The van der Waals surface area contributed by atoms with Gasteiger partial charge in [0.2, 0.25) is 0 Å². The summed E-state index contributed by atoms with van der Waals surface area (Å²) in [5.74, 6) is 2.02. The highest BCUT2D eigenvalue weighted by molar-refractivity contribution is 5.80. The Bertz CT molecular complexity index is 578. The first-order valence-corrected chi connectivity index (χ1v) is 10.1. The van der Waals surface area contributed by atoms with Crippen molar-refractivity contribution in [3.63, 3.8) is 0 Å². The van der Waals surface area contributed by atoms with E-state index in [1.54, 1.807) is 0 Å². The van der Waals surface area contributed by atoms with E-state index in [0.29, 0.717) is 12.5 Å². The molecule has 1 fully saturated rings. The number of carbonyl (C=O) groups excluding carboxylic acids is 1. The van der Waals surface area contributed by atoms with Crippen LogP contribution in [0.2, 0.25) is 0 Å². The van der Waals surface area contributed by atoms with E-state index in [9.17, 15) is 4.79 Å². The molecule has 0 aromatic heterocycles. The molecule has 1 heterocycles. The third kappa shape index (κ3) is 6.31. The van der Waals surface area contributed by atoms with Crippen LogP contribution in [0.25, 0.3) is 0 Å². The molecule has 1 unspecified atom stereocenters. The molecule has 0 spiro atoms. The molecular weight excluding hydrogens is 324 g/mol. The summed E-state index contributed by atoms with van der Waals surface area (Å²) in [6, 6.07) is 6.21. The molecule has 26 heavy (non-hydrogen) atoms. The molecule has 146 valence electrons. The minimum Gasteiger partial charge on any atom is -0.481 e. The van der Waals surface area contributed by atoms with Gasteiger partial charge in [-0.05, 0) is 81.8 Å². The summed E-state index contributed by atoms with van der Waals surface area (Å²) in [4.78, 5) is 14.9. The summed E-state index contributed by atoms with van der Waals surface area (Å²) in [6.07, 6.45) is 3.11. The third-order valence-electron chi connectivity index (χ3n) is 5.29. The van der Waals surface area contributed by atoms with E-state index in [1.807, 2.05) is 19.9 Å². The van der Waals surface area contributed by atoms with Crippen LogP contribution in [0, 0.1) is 12.8 Å². The number of rotatable bonds is 8. The molecule has 1 aromatic rings. The molecule has 0 bridgehead atoms. The Kier molecular flexibility index (Phi) is 7.95. The molecule has 2 rings (SSSR count). The van der Waals surface area contributed by atoms with E-state index in [1.165, 1.54) is 25.9 Å². The third-order valence-corrected chi connectivity index (χ3v) is 5.29. The Morgan fingerprint density at radius 1 is 1.27 bits per heavy atom. The van der Waals surface area contributed by atoms with Crippen molar-refractivity contribution in [1.82, 2.24) is 10.2 Å². The quantitative estimate of drug-likeness (QED) is 0.709. The van der Waals surface area contributed by atoms with Gasteiger partial charge >= 0.3 is 0 Å². The monoisotopic (exact) mass is 360 g/mol.